The van der Waals surface area contributed by atoms with Crippen molar-refractivity contribution < 1.29 is 9.90 Å². The lowest BCUT2D eigenvalue weighted by molar-refractivity contribution is -0.143. The minimum atomic E-state index is -0.794. The van der Waals surface area contributed by atoms with Crippen LogP contribution in [0.3, 0.4) is 0 Å². The molecule has 1 saturated heterocycles. The molecule has 21 heavy (non-hydrogen) atoms. The number of aromatic nitrogens is 2. The molecule has 0 spiro atoms. The number of carboxylic acid groups (broad SMARTS) is 1. The van der Waals surface area contributed by atoms with Crippen LogP contribution in [0.2, 0.25) is 0 Å². The molecule has 0 unspecified atom stereocenters. The molecule has 0 saturated carbocycles. The monoisotopic (exact) mass is 289 g/mol. The molecule has 6 nitrogen and oxygen atoms in total. The number of aromatic amines is 1. The zero-order valence-corrected chi connectivity index (χ0v) is 12.0. The van der Waals surface area contributed by atoms with Crippen LogP contribution >= 0.6 is 0 Å². The number of nitrogens with one attached hydrogen (secondary N) is 1. The van der Waals surface area contributed by atoms with Gasteiger partial charge in [-0.25, -0.2) is 4.79 Å². The molecule has 0 aliphatic carbocycles. The molecule has 0 bridgehead atoms. The van der Waals surface area contributed by atoms with Crippen molar-refractivity contribution in [3.8, 4) is 0 Å². The average Bonchev–Trinajstić information content (AvgIpc) is 2.82. The van der Waals surface area contributed by atoms with Gasteiger partial charge in [-0.3, -0.25) is 14.3 Å². The molecule has 1 aromatic heterocycles. The first kappa shape index (κ1) is 13.9. The van der Waals surface area contributed by atoms with Crippen molar-refractivity contribution in [2.45, 2.75) is 31.8 Å². The van der Waals surface area contributed by atoms with Crippen LogP contribution in [-0.4, -0.2) is 44.7 Å². The summed E-state index contributed by atoms with van der Waals surface area (Å²) in [6, 6.07) is 7.33. The summed E-state index contributed by atoms with van der Waals surface area (Å²) in [6.07, 6.45) is 1.58. The Hall–Kier alpha value is -2.08. The number of fused-ring (bicyclic) bond motifs is 1. The summed E-state index contributed by atoms with van der Waals surface area (Å²) in [7, 11) is 0. The van der Waals surface area contributed by atoms with Crippen LogP contribution in [0.15, 0.2) is 29.1 Å². The Morgan fingerprint density at radius 2 is 2.00 bits per heavy atom. The number of rotatable bonds is 3. The standard InChI is InChI=1S/C15H19N3O3/c1-10(14(19)20)17-8-6-11(7-9-17)18-13-5-3-2-4-12(13)16-15(18)21/h2-5,10-11H,6-9H2,1H3,(H,16,21)(H,19,20)/t10-/m0/s1. The number of piperidine rings is 1. The zero-order chi connectivity index (χ0) is 15.0. The average molecular weight is 289 g/mol. The lowest BCUT2D eigenvalue weighted by Gasteiger charge is -2.34. The van der Waals surface area contributed by atoms with E-state index in [4.69, 9.17) is 5.11 Å². The summed E-state index contributed by atoms with van der Waals surface area (Å²) in [5.74, 6) is -0.794. The molecule has 112 valence electrons. The number of imidazole rings is 1. The Morgan fingerprint density at radius 3 is 2.67 bits per heavy atom. The normalized spacial score (nSPS) is 18.9. The smallest absolute Gasteiger partial charge is 0.326 e. The largest absolute Gasteiger partial charge is 0.480 e. The third-order valence-corrected chi connectivity index (χ3v) is 4.39. The lowest BCUT2D eigenvalue weighted by Crippen LogP contribution is -2.45. The number of para-hydroxylation sites is 2. The maximum atomic E-state index is 12.2. The summed E-state index contributed by atoms with van der Waals surface area (Å²) in [5, 5.41) is 9.07. The Labute approximate surface area is 122 Å². The van der Waals surface area contributed by atoms with Gasteiger partial charge >= 0.3 is 11.7 Å². The SMILES string of the molecule is C[C@@H](C(=O)O)N1CCC(n2c(=O)[nH]c3ccccc32)CC1. The van der Waals surface area contributed by atoms with Gasteiger partial charge in [0.25, 0.3) is 0 Å². The summed E-state index contributed by atoms with van der Waals surface area (Å²) in [5.41, 5.74) is 1.69. The molecule has 1 aromatic carbocycles. The number of aliphatic carboxylic acids is 1. The maximum Gasteiger partial charge on any atom is 0.326 e. The highest BCUT2D eigenvalue weighted by molar-refractivity contribution is 5.75. The van der Waals surface area contributed by atoms with E-state index in [9.17, 15) is 9.59 Å². The van der Waals surface area contributed by atoms with Crippen LogP contribution in [0.4, 0.5) is 0 Å². The molecule has 1 aliphatic rings. The number of likely N-dealkylation sites (tertiary alicyclic amines) is 1. The van der Waals surface area contributed by atoms with Gasteiger partial charge in [0.1, 0.15) is 6.04 Å². The molecule has 1 aliphatic heterocycles. The number of carboxylic acids is 1. The van der Waals surface area contributed by atoms with Crippen LogP contribution in [-0.2, 0) is 4.79 Å². The van der Waals surface area contributed by atoms with Crippen molar-refractivity contribution in [1.82, 2.24) is 14.5 Å². The predicted octanol–water partition coefficient (Wildman–Crippen LogP) is 1.44. The van der Waals surface area contributed by atoms with Gasteiger partial charge < -0.3 is 10.1 Å². The van der Waals surface area contributed by atoms with Gasteiger partial charge in [0.2, 0.25) is 0 Å². The second-order valence-corrected chi connectivity index (χ2v) is 5.60. The van der Waals surface area contributed by atoms with Gasteiger partial charge in [0, 0.05) is 19.1 Å². The summed E-state index contributed by atoms with van der Waals surface area (Å²) in [4.78, 5) is 28.0. The van der Waals surface area contributed by atoms with E-state index in [2.05, 4.69) is 4.98 Å². The zero-order valence-electron chi connectivity index (χ0n) is 12.0. The minimum absolute atomic E-state index is 0.0825. The van der Waals surface area contributed by atoms with Gasteiger partial charge in [-0.15, -0.1) is 0 Å². The molecule has 2 N–H and O–H groups in total. The number of nitrogens with zero attached hydrogens (tertiary/aromatic N) is 2. The molecule has 2 aromatic rings. The van der Waals surface area contributed by atoms with E-state index in [-0.39, 0.29) is 11.7 Å². The number of benzene rings is 1. The molecule has 2 heterocycles. The third kappa shape index (κ3) is 2.47. The number of H-pyrrole nitrogens is 1. The second-order valence-electron chi connectivity index (χ2n) is 5.60. The topological polar surface area (TPSA) is 78.3 Å². The van der Waals surface area contributed by atoms with E-state index in [1.807, 2.05) is 33.7 Å². The molecule has 1 fully saturated rings. The van der Waals surface area contributed by atoms with Crippen molar-refractivity contribution in [3.63, 3.8) is 0 Å². The van der Waals surface area contributed by atoms with Crippen molar-refractivity contribution >= 4 is 17.0 Å². The van der Waals surface area contributed by atoms with E-state index < -0.39 is 12.0 Å². The quantitative estimate of drug-likeness (QED) is 0.896. The molecule has 0 amide bonds. The summed E-state index contributed by atoms with van der Waals surface area (Å²) < 4.78 is 1.82. The lowest BCUT2D eigenvalue weighted by atomic mass is 10.0. The highest BCUT2D eigenvalue weighted by Gasteiger charge is 2.28. The van der Waals surface area contributed by atoms with Gasteiger partial charge in [-0.05, 0) is 31.9 Å². The van der Waals surface area contributed by atoms with E-state index in [1.54, 1.807) is 6.92 Å². The van der Waals surface area contributed by atoms with Gasteiger partial charge in [0.15, 0.2) is 0 Å². The Balaban J connectivity index is 1.82. The van der Waals surface area contributed by atoms with Gasteiger partial charge in [0.05, 0.1) is 11.0 Å². The molecular formula is C15H19N3O3. The van der Waals surface area contributed by atoms with E-state index >= 15 is 0 Å². The maximum absolute atomic E-state index is 12.2. The fourth-order valence-electron chi connectivity index (χ4n) is 3.12. The van der Waals surface area contributed by atoms with Crippen LogP contribution < -0.4 is 5.69 Å². The minimum Gasteiger partial charge on any atom is -0.480 e. The Morgan fingerprint density at radius 1 is 1.33 bits per heavy atom. The van der Waals surface area contributed by atoms with E-state index in [0.717, 1.165) is 23.9 Å². The van der Waals surface area contributed by atoms with Crippen molar-refractivity contribution in [1.29, 1.82) is 0 Å². The number of hydrogen-bond acceptors (Lipinski definition) is 3. The van der Waals surface area contributed by atoms with E-state index in [0.29, 0.717) is 13.1 Å². The highest BCUT2D eigenvalue weighted by Crippen LogP contribution is 2.25. The number of carbonyl (C=O) groups is 1. The van der Waals surface area contributed by atoms with Crippen LogP contribution in [0.25, 0.3) is 11.0 Å². The second kappa shape index (κ2) is 5.37. The first-order chi connectivity index (χ1) is 10.1. The van der Waals surface area contributed by atoms with Crippen molar-refractivity contribution in [3.05, 3.63) is 34.7 Å². The third-order valence-electron chi connectivity index (χ3n) is 4.39. The van der Waals surface area contributed by atoms with Crippen LogP contribution in [0.5, 0.6) is 0 Å². The molecule has 6 heteroatoms. The Bertz CT molecular complexity index is 710. The van der Waals surface area contributed by atoms with Crippen molar-refractivity contribution in [2.24, 2.45) is 0 Å². The van der Waals surface area contributed by atoms with Gasteiger partial charge in [-0.1, -0.05) is 12.1 Å². The summed E-state index contributed by atoms with van der Waals surface area (Å²) >= 11 is 0. The first-order valence-corrected chi connectivity index (χ1v) is 7.24. The first-order valence-electron chi connectivity index (χ1n) is 7.24. The fraction of sp³-hybridized carbons (Fsp3) is 0.467. The Kier molecular flexibility index (Phi) is 3.55. The fourth-order valence-corrected chi connectivity index (χ4v) is 3.12. The van der Waals surface area contributed by atoms with Gasteiger partial charge in [-0.2, -0.15) is 0 Å². The van der Waals surface area contributed by atoms with Crippen LogP contribution in [0.1, 0.15) is 25.8 Å². The molecule has 1 atom stereocenters. The predicted molar refractivity (Wildman–Crippen MR) is 79.5 cm³/mol. The molecular weight excluding hydrogens is 270 g/mol. The number of hydrogen-bond donors (Lipinski definition) is 2. The van der Waals surface area contributed by atoms with Crippen LogP contribution in [0, 0.1) is 0 Å². The van der Waals surface area contributed by atoms with E-state index in [1.165, 1.54) is 0 Å². The summed E-state index contributed by atoms with van der Waals surface area (Å²) in [6.45, 7) is 3.11. The highest BCUT2D eigenvalue weighted by atomic mass is 16.4. The van der Waals surface area contributed by atoms with Crippen molar-refractivity contribution in [2.75, 3.05) is 13.1 Å². The molecule has 3 rings (SSSR count). The molecule has 0 radical (unpaired) electrons.